The van der Waals surface area contributed by atoms with E-state index < -0.39 is 0 Å². The SMILES string of the molecule is CCn1c(=O)c2c(C)[nH]nc2c2cc(-c3ccc(CCN4CCCC4)s3)ccc21. The molecule has 0 amide bonds. The van der Waals surface area contributed by atoms with Crippen LogP contribution in [-0.4, -0.2) is 39.3 Å². The molecule has 5 nitrogen and oxygen atoms in total. The number of nitrogens with zero attached hydrogens (tertiary/aromatic N) is 3. The minimum Gasteiger partial charge on any atom is -0.308 e. The van der Waals surface area contributed by atoms with Crippen molar-refractivity contribution in [2.75, 3.05) is 19.6 Å². The van der Waals surface area contributed by atoms with E-state index in [0.29, 0.717) is 11.9 Å². The van der Waals surface area contributed by atoms with Gasteiger partial charge >= 0.3 is 0 Å². The second kappa shape index (κ2) is 7.43. The monoisotopic (exact) mass is 406 g/mol. The van der Waals surface area contributed by atoms with Crippen molar-refractivity contribution in [3.63, 3.8) is 0 Å². The van der Waals surface area contributed by atoms with Gasteiger partial charge in [-0.15, -0.1) is 11.3 Å². The second-order valence-electron chi connectivity index (χ2n) is 7.92. The zero-order valence-electron chi connectivity index (χ0n) is 17.0. The molecule has 3 aromatic heterocycles. The number of aryl methyl sites for hydroxylation is 2. The van der Waals surface area contributed by atoms with Crippen LogP contribution in [0.1, 0.15) is 30.3 Å². The zero-order chi connectivity index (χ0) is 20.0. The van der Waals surface area contributed by atoms with Crippen molar-refractivity contribution in [1.29, 1.82) is 0 Å². The number of likely N-dealkylation sites (tertiary alicyclic amines) is 1. The van der Waals surface area contributed by atoms with E-state index in [9.17, 15) is 4.79 Å². The standard InChI is InChI=1S/C23H26N4OS/c1-3-27-19-8-6-16(14-18(19)22-21(23(27)28)15(2)24-25-22)20-9-7-17(29-20)10-13-26-11-4-5-12-26/h6-9,14H,3-5,10-13H2,1-2H3,(H,24,25). The molecule has 4 heterocycles. The molecule has 1 aliphatic heterocycles. The van der Waals surface area contributed by atoms with Crippen LogP contribution in [0.25, 0.3) is 32.2 Å². The number of H-pyrrole nitrogens is 1. The summed E-state index contributed by atoms with van der Waals surface area (Å²) in [5.41, 5.74) is 3.79. The van der Waals surface area contributed by atoms with Crippen molar-refractivity contribution in [2.24, 2.45) is 0 Å². The van der Waals surface area contributed by atoms with Crippen LogP contribution in [0.2, 0.25) is 0 Å². The van der Waals surface area contributed by atoms with Gasteiger partial charge in [0.25, 0.3) is 5.56 Å². The van der Waals surface area contributed by atoms with E-state index in [-0.39, 0.29) is 5.56 Å². The minimum atomic E-state index is 0.0364. The molecule has 1 fully saturated rings. The van der Waals surface area contributed by atoms with E-state index in [0.717, 1.165) is 35.1 Å². The Morgan fingerprint density at radius 3 is 2.79 bits per heavy atom. The van der Waals surface area contributed by atoms with Gasteiger partial charge in [-0.1, -0.05) is 6.07 Å². The summed E-state index contributed by atoms with van der Waals surface area (Å²) in [5.74, 6) is 0. The summed E-state index contributed by atoms with van der Waals surface area (Å²) >= 11 is 1.88. The molecule has 0 saturated carbocycles. The summed E-state index contributed by atoms with van der Waals surface area (Å²) in [5, 5.41) is 9.20. The van der Waals surface area contributed by atoms with Crippen LogP contribution in [0.15, 0.2) is 35.1 Å². The maximum atomic E-state index is 12.9. The molecule has 6 heteroatoms. The molecule has 0 radical (unpaired) electrons. The van der Waals surface area contributed by atoms with Crippen molar-refractivity contribution < 1.29 is 0 Å². The lowest BCUT2D eigenvalue weighted by Crippen LogP contribution is -2.21. The van der Waals surface area contributed by atoms with Crippen LogP contribution in [0.4, 0.5) is 0 Å². The highest BCUT2D eigenvalue weighted by molar-refractivity contribution is 7.15. The van der Waals surface area contributed by atoms with Gasteiger partial charge in [0.2, 0.25) is 0 Å². The average Bonchev–Trinajstić information content (AvgIpc) is 3.48. The number of nitrogens with one attached hydrogen (secondary N) is 1. The Kier molecular flexibility index (Phi) is 4.76. The molecule has 150 valence electrons. The van der Waals surface area contributed by atoms with Crippen molar-refractivity contribution in [3.8, 4) is 10.4 Å². The lowest BCUT2D eigenvalue weighted by Gasteiger charge is -2.13. The van der Waals surface area contributed by atoms with Crippen LogP contribution in [0.3, 0.4) is 0 Å². The predicted octanol–water partition coefficient (Wildman–Crippen LogP) is 4.57. The van der Waals surface area contributed by atoms with Gasteiger partial charge in [0.05, 0.1) is 10.9 Å². The summed E-state index contributed by atoms with van der Waals surface area (Å²) < 4.78 is 1.85. The Balaban J connectivity index is 1.54. The van der Waals surface area contributed by atoms with Crippen LogP contribution in [0.5, 0.6) is 0 Å². The van der Waals surface area contributed by atoms with Crippen LogP contribution < -0.4 is 5.56 Å². The number of pyridine rings is 1. The summed E-state index contributed by atoms with van der Waals surface area (Å²) in [4.78, 5) is 18.2. The topological polar surface area (TPSA) is 53.9 Å². The number of rotatable bonds is 5. The first-order valence-corrected chi connectivity index (χ1v) is 11.3. The normalized spacial score (nSPS) is 15.1. The Hall–Kier alpha value is -2.44. The third-order valence-corrected chi connectivity index (χ3v) is 7.28. The number of fused-ring (bicyclic) bond motifs is 3. The zero-order valence-corrected chi connectivity index (χ0v) is 17.8. The molecule has 1 aliphatic rings. The van der Waals surface area contributed by atoms with Gasteiger partial charge in [0.15, 0.2) is 0 Å². The first-order chi connectivity index (χ1) is 14.2. The number of aromatic nitrogens is 3. The lowest BCUT2D eigenvalue weighted by atomic mass is 10.1. The van der Waals surface area contributed by atoms with Gasteiger partial charge in [-0.2, -0.15) is 5.10 Å². The summed E-state index contributed by atoms with van der Waals surface area (Å²) in [6.45, 7) is 8.24. The summed E-state index contributed by atoms with van der Waals surface area (Å²) in [7, 11) is 0. The average molecular weight is 407 g/mol. The molecule has 1 N–H and O–H groups in total. The third-order valence-electron chi connectivity index (χ3n) is 6.08. The van der Waals surface area contributed by atoms with E-state index in [1.54, 1.807) is 0 Å². The van der Waals surface area contributed by atoms with E-state index in [4.69, 9.17) is 0 Å². The molecule has 1 aromatic carbocycles. The highest BCUT2D eigenvalue weighted by atomic mass is 32.1. The minimum absolute atomic E-state index is 0.0364. The van der Waals surface area contributed by atoms with Crippen LogP contribution in [0, 0.1) is 6.92 Å². The highest BCUT2D eigenvalue weighted by Crippen LogP contribution is 2.32. The number of aromatic amines is 1. The van der Waals surface area contributed by atoms with Gasteiger partial charge in [0, 0.05) is 33.9 Å². The lowest BCUT2D eigenvalue weighted by molar-refractivity contribution is 0.344. The quantitative estimate of drug-likeness (QED) is 0.528. The molecule has 5 rings (SSSR count). The fourth-order valence-corrected chi connectivity index (χ4v) is 5.49. The Labute approximate surface area is 174 Å². The van der Waals surface area contributed by atoms with E-state index >= 15 is 0 Å². The fraction of sp³-hybridized carbons (Fsp3) is 0.391. The van der Waals surface area contributed by atoms with Gasteiger partial charge in [0.1, 0.15) is 5.52 Å². The van der Waals surface area contributed by atoms with E-state index in [1.165, 1.54) is 41.2 Å². The van der Waals surface area contributed by atoms with Crippen LogP contribution >= 0.6 is 11.3 Å². The molecule has 1 saturated heterocycles. The van der Waals surface area contributed by atoms with Crippen LogP contribution in [-0.2, 0) is 13.0 Å². The van der Waals surface area contributed by atoms with Gasteiger partial charge < -0.3 is 9.47 Å². The molecule has 0 unspecified atom stereocenters. The molecule has 0 atom stereocenters. The third kappa shape index (κ3) is 3.20. The summed E-state index contributed by atoms with van der Waals surface area (Å²) in [6, 6.07) is 10.9. The first-order valence-electron chi connectivity index (χ1n) is 10.5. The Morgan fingerprint density at radius 1 is 1.17 bits per heavy atom. The van der Waals surface area contributed by atoms with Gasteiger partial charge in [-0.05, 0) is 76.0 Å². The largest absolute Gasteiger partial charge is 0.308 e. The molecule has 0 aliphatic carbocycles. The highest BCUT2D eigenvalue weighted by Gasteiger charge is 2.16. The predicted molar refractivity (Wildman–Crippen MR) is 121 cm³/mol. The number of thiophene rings is 1. The smallest absolute Gasteiger partial charge is 0.262 e. The van der Waals surface area contributed by atoms with Crippen molar-refractivity contribution in [2.45, 2.75) is 39.7 Å². The first kappa shape index (κ1) is 18.6. The van der Waals surface area contributed by atoms with Crippen molar-refractivity contribution >= 4 is 33.1 Å². The molecule has 0 spiro atoms. The van der Waals surface area contributed by atoms with Crippen molar-refractivity contribution in [1.82, 2.24) is 19.7 Å². The summed E-state index contributed by atoms with van der Waals surface area (Å²) in [6.07, 6.45) is 3.81. The van der Waals surface area contributed by atoms with Crippen molar-refractivity contribution in [3.05, 3.63) is 51.3 Å². The number of hydrogen-bond acceptors (Lipinski definition) is 4. The maximum Gasteiger partial charge on any atom is 0.262 e. The van der Waals surface area contributed by atoms with E-state index in [1.807, 2.05) is 29.8 Å². The molecular formula is C23H26N4OS. The number of hydrogen-bond donors (Lipinski definition) is 1. The second-order valence-corrected chi connectivity index (χ2v) is 9.09. The molecule has 4 aromatic rings. The number of benzene rings is 1. The molecule has 0 bridgehead atoms. The molecule has 29 heavy (non-hydrogen) atoms. The van der Waals surface area contributed by atoms with E-state index in [2.05, 4.69) is 45.4 Å². The fourth-order valence-electron chi connectivity index (χ4n) is 4.50. The van der Waals surface area contributed by atoms with Gasteiger partial charge in [-0.25, -0.2) is 0 Å². The Morgan fingerprint density at radius 2 is 2.00 bits per heavy atom. The van der Waals surface area contributed by atoms with Gasteiger partial charge in [-0.3, -0.25) is 9.89 Å². The maximum absolute atomic E-state index is 12.9. The molecular weight excluding hydrogens is 380 g/mol. The Bertz CT molecular complexity index is 1240.